The summed E-state index contributed by atoms with van der Waals surface area (Å²) >= 11 is 0. The standard InChI is InChI=1S/C14H25NO3/c1-4-6-7-15(5-2)13(16)11-8-10(3)9-12(11)14(17)18/h10-12H,4-9H2,1-3H3,(H,17,18). The van der Waals surface area contributed by atoms with Crippen molar-refractivity contribution in [3.8, 4) is 0 Å². The van der Waals surface area contributed by atoms with E-state index in [9.17, 15) is 14.7 Å². The monoisotopic (exact) mass is 255 g/mol. The summed E-state index contributed by atoms with van der Waals surface area (Å²) in [6.45, 7) is 7.52. The molecule has 4 heteroatoms. The van der Waals surface area contributed by atoms with Crippen LogP contribution in [0.3, 0.4) is 0 Å². The Hall–Kier alpha value is -1.06. The molecule has 0 aromatic rings. The molecule has 1 saturated carbocycles. The number of hydrogen-bond acceptors (Lipinski definition) is 2. The van der Waals surface area contributed by atoms with E-state index in [4.69, 9.17) is 0 Å². The van der Waals surface area contributed by atoms with Crippen LogP contribution >= 0.6 is 0 Å². The molecule has 18 heavy (non-hydrogen) atoms. The highest BCUT2D eigenvalue weighted by Gasteiger charge is 2.42. The van der Waals surface area contributed by atoms with Gasteiger partial charge in [0.15, 0.2) is 0 Å². The quantitative estimate of drug-likeness (QED) is 0.792. The van der Waals surface area contributed by atoms with Gasteiger partial charge in [-0.15, -0.1) is 0 Å². The predicted octanol–water partition coefficient (Wildman–Crippen LogP) is 2.38. The Kier molecular flexibility index (Phi) is 5.63. The fraction of sp³-hybridized carbons (Fsp3) is 0.857. The lowest BCUT2D eigenvalue weighted by atomic mass is 9.94. The van der Waals surface area contributed by atoms with Crippen LogP contribution in [-0.4, -0.2) is 35.0 Å². The first kappa shape index (κ1) is 15.0. The SMILES string of the molecule is CCCCN(CC)C(=O)C1CC(C)CC1C(=O)O. The summed E-state index contributed by atoms with van der Waals surface area (Å²) in [6, 6.07) is 0. The van der Waals surface area contributed by atoms with Crippen molar-refractivity contribution >= 4 is 11.9 Å². The zero-order valence-corrected chi connectivity index (χ0v) is 11.7. The predicted molar refractivity (Wildman–Crippen MR) is 70.2 cm³/mol. The summed E-state index contributed by atoms with van der Waals surface area (Å²) in [6.07, 6.45) is 3.39. The lowest BCUT2D eigenvalue weighted by Crippen LogP contribution is -2.39. The first-order valence-corrected chi connectivity index (χ1v) is 7.02. The van der Waals surface area contributed by atoms with Crippen molar-refractivity contribution in [3.05, 3.63) is 0 Å². The van der Waals surface area contributed by atoms with Crippen LogP contribution in [0.2, 0.25) is 0 Å². The van der Waals surface area contributed by atoms with Gasteiger partial charge in [0.1, 0.15) is 0 Å². The lowest BCUT2D eigenvalue weighted by molar-refractivity contribution is -0.149. The Bertz CT molecular complexity index is 303. The third kappa shape index (κ3) is 3.47. The number of nitrogens with zero attached hydrogens (tertiary/aromatic N) is 1. The molecule has 104 valence electrons. The number of carbonyl (C=O) groups is 2. The van der Waals surface area contributed by atoms with Crippen LogP contribution in [0.1, 0.15) is 46.5 Å². The summed E-state index contributed by atoms with van der Waals surface area (Å²) in [7, 11) is 0. The van der Waals surface area contributed by atoms with Gasteiger partial charge in [-0.2, -0.15) is 0 Å². The summed E-state index contributed by atoms with van der Waals surface area (Å²) in [5.41, 5.74) is 0. The lowest BCUT2D eigenvalue weighted by Gasteiger charge is -2.26. The minimum Gasteiger partial charge on any atom is -0.481 e. The first-order chi connectivity index (χ1) is 8.51. The minimum absolute atomic E-state index is 0.0442. The molecular weight excluding hydrogens is 230 g/mol. The van der Waals surface area contributed by atoms with E-state index in [1.807, 2.05) is 18.7 Å². The molecule has 0 saturated heterocycles. The van der Waals surface area contributed by atoms with E-state index in [0.717, 1.165) is 25.8 Å². The number of amides is 1. The molecule has 0 heterocycles. The van der Waals surface area contributed by atoms with Crippen molar-refractivity contribution in [3.63, 3.8) is 0 Å². The van der Waals surface area contributed by atoms with Crippen LogP contribution in [0, 0.1) is 17.8 Å². The molecule has 1 N–H and O–H groups in total. The number of hydrogen-bond donors (Lipinski definition) is 1. The van der Waals surface area contributed by atoms with E-state index in [-0.39, 0.29) is 11.8 Å². The highest BCUT2D eigenvalue weighted by molar-refractivity contribution is 5.85. The highest BCUT2D eigenvalue weighted by Crippen LogP contribution is 2.37. The average Bonchev–Trinajstić information content (AvgIpc) is 2.72. The Morgan fingerprint density at radius 1 is 1.22 bits per heavy atom. The normalized spacial score (nSPS) is 27.2. The molecule has 0 aliphatic heterocycles. The zero-order valence-electron chi connectivity index (χ0n) is 11.7. The number of aliphatic carboxylic acids is 1. The Labute approximate surface area is 109 Å². The molecule has 0 spiro atoms. The van der Waals surface area contributed by atoms with Gasteiger partial charge in [-0.25, -0.2) is 0 Å². The fourth-order valence-electron chi connectivity index (χ4n) is 2.85. The van der Waals surface area contributed by atoms with E-state index in [1.54, 1.807) is 0 Å². The molecule has 1 fully saturated rings. The third-order valence-corrected chi connectivity index (χ3v) is 3.91. The van der Waals surface area contributed by atoms with Crippen molar-refractivity contribution in [2.45, 2.75) is 46.5 Å². The topological polar surface area (TPSA) is 57.6 Å². The van der Waals surface area contributed by atoms with E-state index in [1.165, 1.54) is 0 Å². The Morgan fingerprint density at radius 2 is 1.83 bits per heavy atom. The summed E-state index contributed by atoms with van der Waals surface area (Å²) in [5.74, 6) is -1.23. The van der Waals surface area contributed by atoms with Gasteiger partial charge in [0.2, 0.25) is 5.91 Å². The third-order valence-electron chi connectivity index (χ3n) is 3.91. The van der Waals surface area contributed by atoms with Gasteiger partial charge in [-0.3, -0.25) is 9.59 Å². The molecule has 0 aromatic heterocycles. The van der Waals surface area contributed by atoms with Gasteiger partial charge in [0, 0.05) is 13.1 Å². The van der Waals surface area contributed by atoms with Crippen LogP contribution in [0.25, 0.3) is 0 Å². The van der Waals surface area contributed by atoms with Crippen LogP contribution in [0.15, 0.2) is 0 Å². The van der Waals surface area contributed by atoms with Crippen LogP contribution in [0.4, 0.5) is 0 Å². The van der Waals surface area contributed by atoms with E-state index in [0.29, 0.717) is 18.9 Å². The molecule has 1 rings (SSSR count). The maximum Gasteiger partial charge on any atom is 0.307 e. The van der Waals surface area contributed by atoms with Crippen molar-refractivity contribution in [1.29, 1.82) is 0 Å². The fourth-order valence-corrected chi connectivity index (χ4v) is 2.85. The van der Waals surface area contributed by atoms with E-state index >= 15 is 0 Å². The van der Waals surface area contributed by atoms with Crippen molar-refractivity contribution in [2.24, 2.45) is 17.8 Å². The van der Waals surface area contributed by atoms with Gasteiger partial charge in [-0.1, -0.05) is 20.3 Å². The Balaban J connectivity index is 2.70. The Morgan fingerprint density at radius 3 is 2.33 bits per heavy atom. The molecule has 0 radical (unpaired) electrons. The zero-order chi connectivity index (χ0) is 13.7. The van der Waals surface area contributed by atoms with Gasteiger partial charge < -0.3 is 10.0 Å². The summed E-state index contributed by atoms with van der Waals surface area (Å²) < 4.78 is 0. The molecule has 1 aliphatic carbocycles. The smallest absolute Gasteiger partial charge is 0.307 e. The van der Waals surface area contributed by atoms with Crippen LogP contribution in [0.5, 0.6) is 0 Å². The second-order valence-corrected chi connectivity index (χ2v) is 5.40. The second kappa shape index (κ2) is 6.76. The number of rotatable bonds is 6. The molecule has 1 amide bonds. The maximum atomic E-state index is 12.4. The summed E-state index contributed by atoms with van der Waals surface area (Å²) in [5, 5.41) is 9.21. The van der Waals surface area contributed by atoms with Gasteiger partial charge in [0.25, 0.3) is 0 Å². The second-order valence-electron chi connectivity index (χ2n) is 5.40. The highest BCUT2D eigenvalue weighted by atomic mass is 16.4. The van der Waals surface area contributed by atoms with Crippen molar-refractivity contribution in [1.82, 2.24) is 4.90 Å². The molecule has 0 bridgehead atoms. The molecule has 1 aliphatic rings. The number of unbranched alkanes of at least 4 members (excludes halogenated alkanes) is 1. The summed E-state index contributed by atoms with van der Waals surface area (Å²) in [4.78, 5) is 25.4. The average molecular weight is 255 g/mol. The largest absolute Gasteiger partial charge is 0.481 e. The molecule has 3 unspecified atom stereocenters. The van der Waals surface area contributed by atoms with Gasteiger partial charge in [0.05, 0.1) is 11.8 Å². The van der Waals surface area contributed by atoms with Crippen LogP contribution in [-0.2, 0) is 9.59 Å². The van der Waals surface area contributed by atoms with Crippen molar-refractivity contribution in [2.75, 3.05) is 13.1 Å². The number of carbonyl (C=O) groups excluding carboxylic acids is 1. The maximum absolute atomic E-state index is 12.4. The number of carboxylic acids is 1. The molecule has 3 atom stereocenters. The van der Waals surface area contributed by atoms with Crippen LogP contribution < -0.4 is 0 Å². The van der Waals surface area contributed by atoms with Gasteiger partial charge in [-0.05, 0) is 32.1 Å². The molecule has 4 nitrogen and oxygen atoms in total. The van der Waals surface area contributed by atoms with Crippen molar-refractivity contribution < 1.29 is 14.7 Å². The number of carboxylic acid groups (broad SMARTS) is 1. The minimum atomic E-state index is -0.816. The van der Waals surface area contributed by atoms with E-state index < -0.39 is 11.9 Å². The van der Waals surface area contributed by atoms with E-state index in [2.05, 4.69) is 6.92 Å². The molecular formula is C14H25NO3. The van der Waals surface area contributed by atoms with Gasteiger partial charge >= 0.3 is 5.97 Å². The first-order valence-electron chi connectivity index (χ1n) is 7.02. The molecule has 0 aromatic carbocycles.